The molecule has 4 aromatic rings. The number of esters is 2. The highest BCUT2D eigenvalue weighted by Crippen LogP contribution is 2.24. The summed E-state index contributed by atoms with van der Waals surface area (Å²) >= 11 is 0. The lowest BCUT2D eigenvalue weighted by Crippen LogP contribution is -2.54. The first-order valence-corrected chi connectivity index (χ1v) is 19.8. The Balaban J connectivity index is 0.000000275. The van der Waals surface area contributed by atoms with Crippen molar-refractivity contribution >= 4 is 53.9 Å². The van der Waals surface area contributed by atoms with Crippen molar-refractivity contribution in [2.24, 2.45) is 0 Å². The quantitative estimate of drug-likeness (QED) is 0.142. The van der Waals surface area contributed by atoms with Crippen molar-refractivity contribution < 1.29 is 47.0 Å². The second-order valence-corrected chi connectivity index (χ2v) is 15.3. The van der Waals surface area contributed by atoms with Crippen molar-refractivity contribution in [2.75, 3.05) is 76.4 Å². The normalized spacial score (nSPS) is 13.7. The van der Waals surface area contributed by atoms with Crippen LogP contribution in [0.2, 0.25) is 0 Å². The maximum absolute atomic E-state index is 14.0. The van der Waals surface area contributed by atoms with Gasteiger partial charge in [-0.1, -0.05) is 36.4 Å². The summed E-state index contributed by atoms with van der Waals surface area (Å²) in [5.74, 6) is -1.72. The molecule has 332 valence electrons. The van der Waals surface area contributed by atoms with E-state index in [1.54, 1.807) is 113 Å². The van der Waals surface area contributed by atoms with Gasteiger partial charge in [0, 0.05) is 63.7 Å². The molecule has 2 aliphatic rings. The van der Waals surface area contributed by atoms with Gasteiger partial charge in [0.25, 0.3) is 0 Å². The predicted molar refractivity (Wildman–Crippen MR) is 233 cm³/mol. The van der Waals surface area contributed by atoms with E-state index in [-0.39, 0.29) is 37.6 Å². The van der Waals surface area contributed by atoms with Crippen LogP contribution in [0, 0.1) is 11.6 Å². The van der Waals surface area contributed by atoms with Crippen molar-refractivity contribution in [3.8, 4) is 0 Å². The van der Waals surface area contributed by atoms with Crippen LogP contribution in [0.1, 0.15) is 52.6 Å². The van der Waals surface area contributed by atoms with Crippen LogP contribution in [0.3, 0.4) is 0 Å². The zero-order valence-corrected chi connectivity index (χ0v) is 36.3. The molecule has 62 heavy (non-hydrogen) atoms. The Morgan fingerprint density at radius 2 is 0.984 bits per heavy atom. The smallest absolute Gasteiger partial charge is 0.410 e. The average molecular weight is 879 g/mol. The number of hydrogen-bond acceptors (Lipinski definition) is 9. The molecule has 0 aromatic heterocycles. The van der Waals surface area contributed by atoms with E-state index in [1.165, 1.54) is 43.4 Å². The lowest BCUT2D eigenvalue weighted by atomic mass is 10.1. The molecule has 14 nitrogen and oxygen atoms in total. The number of amides is 5. The van der Waals surface area contributed by atoms with E-state index < -0.39 is 35.3 Å². The highest BCUT2D eigenvalue weighted by Gasteiger charge is 2.31. The first-order valence-electron chi connectivity index (χ1n) is 19.8. The van der Waals surface area contributed by atoms with Crippen LogP contribution in [0.4, 0.5) is 34.5 Å². The monoisotopic (exact) mass is 878 g/mol. The number of anilines is 2. The number of nitrogens with one attached hydrogen (secondary N) is 1. The Bertz CT molecular complexity index is 2140. The van der Waals surface area contributed by atoms with Gasteiger partial charge < -0.3 is 34.2 Å². The highest BCUT2D eigenvalue weighted by atomic mass is 35.5. The predicted octanol–water partition coefficient (Wildman–Crippen LogP) is 7.36. The van der Waals surface area contributed by atoms with Gasteiger partial charge in [0.15, 0.2) is 0 Å². The summed E-state index contributed by atoms with van der Waals surface area (Å²) in [6.07, 6.45) is -0.410. The number of methoxy groups -OCH3 is 2. The van der Waals surface area contributed by atoms with Crippen LogP contribution in [-0.2, 0) is 27.3 Å². The third-order valence-electron chi connectivity index (χ3n) is 9.72. The third-order valence-corrected chi connectivity index (χ3v) is 9.72. The van der Waals surface area contributed by atoms with Crippen molar-refractivity contribution in [1.29, 1.82) is 0 Å². The van der Waals surface area contributed by atoms with Gasteiger partial charge in [-0.3, -0.25) is 9.80 Å². The van der Waals surface area contributed by atoms with Gasteiger partial charge in [-0.05, 0) is 92.6 Å². The van der Waals surface area contributed by atoms with Gasteiger partial charge in [-0.15, -0.1) is 12.4 Å². The molecular formula is C45H53ClF2N6O8. The van der Waals surface area contributed by atoms with E-state index in [9.17, 15) is 32.8 Å². The molecule has 5 amide bonds. The van der Waals surface area contributed by atoms with Crippen LogP contribution in [0.15, 0.2) is 97.1 Å². The molecule has 2 heterocycles. The van der Waals surface area contributed by atoms with Crippen LogP contribution in [0.5, 0.6) is 0 Å². The molecule has 2 saturated heterocycles. The number of piperazine rings is 2. The molecule has 17 heteroatoms. The summed E-state index contributed by atoms with van der Waals surface area (Å²) < 4.78 is 42.5. The van der Waals surface area contributed by atoms with E-state index >= 15 is 0 Å². The molecule has 0 bridgehead atoms. The Morgan fingerprint density at radius 1 is 0.597 bits per heavy atom. The molecule has 0 aliphatic carbocycles. The highest BCUT2D eigenvalue weighted by molar-refractivity contribution is 5.93. The molecule has 0 radical (unpaired) electrons. The lowest BCUT2D eigenvalue weighted by Gasteiger charge is -2.38. The van der Waals surface area contributed by atoms with Gasteiger partial charge in [-0.25, -0.2) is 32.8 Å². The number of ether oxygens (including phenoxy) is 3. The number of benzene rings is 4. The van der Waals surface area contributed by atoms with Crippen molar-refractivity contribution in [1.82, 2.24) is 20.0 Å². The van der Waals surface area contributed by atoms with Crippen LogP contribution < -0.4 is 15.1 Å². The lowest BCUT2D eigenvalue weighted by molar-refractivity contribution is 0.0171. The maximum Gasteiger partial charge on any atom is 0.410 e. The van der Waals surface area contributed by atoms with E-state index in [0.717, 1.165) is 24.2 Å². The fourth-order valence-corrected chi connectivity index (χ4v) is 6.52. The third kappa shape index (κ3) is 13.6. The minimum Gasteiger partial charge on any atom is -0.465 e. The number of hydrogen-bond donors (Lipinski definition) is 1. The summed E-state index contributed by atoms with van der Waals surface area (Å²) in [4.78, 5) is 70.1. The molecule has 1 N–H and O–H groups in total. The average Bonchev–Trinajstić information content (AvgIpc) is 3.26. The SMILES string of the molecule is COC(=O)c1ccc(CN(C(=O)N2CCN(C(=O)OC(C)(C)C)CC2)c2cccc(F)c2)cc1.COC(=O)c1ccc(CN(C(=O)N2CCNCC2)c2cccc(F)c2)cc1.Cl. The Labute approximate surface area is 366 Å². The first-order chi connectivity index (χ1) is 29.1. The zero-order chi connectivity index (χ0) is 44.1. The summed E-state index contributed by atoms with van der Waals surface area (Å²) in [5, 5.41) is 3.21. The van der Waals surface area contributed by atoms with E-state index in [1.807, 2.05) is 0 Å². The fraction of sp³-hybridized carbons (Fsp3) is 0.356. The van der Waals surface area contributed by atoms with E-state index in [2.05, 4.69) is 5.32 Å². The fourth-order valence-electron chi connectivity index (χ4n) is 6.52. The standard InChI is InChI=1S/C25H30FN3O5.C20H22FN3O3.ClH/c1-25(2,3)34-24(32)28-14-12-27(13-15-28)23(31)29(21-7-5-6-20(26)16-21)17-18-8-10-19(11-9-18)22(30)33-4;1-27-19(25)16-7-5-15(6-8-16)14-24(18-4-2-3-17(21)13-18)20(26)23-11-9-22-10-12-23;/h5-11,16H,12-15,17H2,1-4H3;2-8,13,22H,9-12,14H2,1H3;1H. The summed E-state index contributed by atoms with van der Waals surface area (Å²) in [6.45, 7) is 9.86. The topological polar surface area (TPSA) is 141 Å². The van der Waals surface area contributed by atoms with Crippen molar-refractivity contribution in [2.45, 2.75) is 39.5 Å². The van der Waals surface area contributed by atoms with Crippen LogP contribution in [0.25, 0.3) is 0 Å². The molecule has 4 aromatic carbocycles. The molecule has 0 unspecified atom stereocenters. The second-order valence-electron chi connectivity index (χ2n) is 15.3. The summed E-state index contributed by atoms with van der Waals surface area (Å²) in [6, 6.07) is 24.9. The van der Waals surface area contributed by atoms with Gasteiger partial charge in [0.05, 0.1) is 38.4 Å². The number of urea groups is 2. The Hall–Kier alpha value is -6.26. The van der Waals surface area contributed by atoms with Gasteiger partial charge in [0.1, 0.15) is 17.2 Å². The maximum atomic E-state index is 14.0. The summed E-state index contributed by atoms with van der Waals surface area (Å²) in [7, 11) is 2.64. The number of nitrogens with zero attached hydrogens (tertiary/aromatic N) is 5. The van der Waals surface area contributed by atoms with Gasteiger partial charge in [-0.2, -0.15) is 0 Å². The van der Waals surface area contributed by atoms with Crippen molar-refractivity contribution in [3.05, 3.63) is 131 Å². The molecule has 2 aliphatic heterocycles. The second kappa shape index (κ2) is 22.5. The molecule has 0 saturated carbocycles. The minimum atomic E-state index is -0.596. The molecule has 0 spiro atoms. The van der Waals surface area contributed by atoms with Crippen LogP contribution in [-0.4, -0.2) is 117 Å². The van der Waals surface area contributed by atoms with Gasteiger partial charge in [0.2, 0.25) is 0 Å². The van der Waals surface area contributed by atoms with Gasteiger partial charge >= 0.3 is 30.1 Å². The number of carbonyl (C=O) groups is 5. The molecule has 2 fully saturated rings. The number of carbonyl (C=O) groups excluding carboxylic acids is 5. The van der Waals surface area contributed by atoms with E-state index in [0.29, 0.717) is 61.8 Å². The minimum absolute atomic E-state index is 0. The first kappa shape index (κ1) is 48.4. The zero-order valence-electron chi connectivity index (χ0n) is 35.5. The molecule has 0 atom stereocenters. The van der Waals surface area contributed by atoms with Crippen LogP contribution >= 0.6 is 12.4 Å². The Kier molecular flexibility index (Phi) is 17.6. The number of rotatable bonds is 8. The Morgan fingerprint density at radius 3 is 1.35 bits per heavy atom. The molecule has 6 rings (SSSR count). The molecular weight excluding hydrogens is 826 g/mol. The van der Waals surface area contributed by atoms with E-state index in [4.69, 9.17) is 14.2 Å². The summed E-state index contributed by atoms with van der Waals surface area (Å²) in [5.41, 5.74) is 2.74. The number of halogens is 3. The largest absolute Gasteiger partial charge is 0.465 e. The van der Waals surface area contributed by atoms with Crippen molar-refractivity contribution in [3.63, 3.8) is 0 Å².